The molecular weight excluding hydrogens is 410 g/mol. The van der Waals surface area contributed by atoms with Gasteiger partial charge in [-0.25, -0.2) is 8.42 Å². The summed E-state index contributed by atoms with van der Waals surface area (Å²) in [6.07, 6.45) is 1.99. The Balaban J connectivity index is 1.26. The quantitative estimate of drug-likeness (QED) is 0.619. The number of sulfonamides is 1. The molecule has 0 spiro atoms. The Hall–Kier alpha value is -1.98. The van der Waals surface area contributed by atoms with Crippen molar-refractivity contribution in [3.8, 4) is 0 Å². The Labute approximate surface area is 176 Å². The molecule has 0 atom stereocenters. The van der Waals surface area contributed by atoms with Crippen molar-refractivity contribution in [2.24, 2.45) is 5.92 Å². The summed E-state index contributed by atoms with van der Waals surface area (Å²) in [5.41, 5.74) is 0.365. The number of rotatable bonds is 5. The topological polar surface area (TPSA) is 107 Å². The number of amides is 2. The molecule has 0 N–H and O–H groups in total. The highest BCUT2D eigenvalue weighted by molar-refractivity contribution is 7.89. The molecule has 10 nitrogen and oxygen atoms in total. The van der Waals surface area contributed by atoms with Crippen LogP contribution in [0.15, 0.2) is 9.42 Å². The number of aromatic nitrogens is 1. The lowest BCUT2D eigenvalue weighted by Crippen LogP contribution is -2.55. The lowest BCUT2D eigenvalue weighted by molar-refractivity contribution is -0.141. The summed E-state index contributed by atoms with van der Waals surface area (Å²) in [7, 11) is -3.65. The molecule has 11 heteroatoms. The average molecular weight is 440 g/mol. The zero-order valence-electron chi connectivity index (χ0n) is 17.5. The Kier molecular flexibility index (Phi) is 5.86. The SMILES string of the molecule is Cc1noc(C)c1S(=O)(=O)N1CCN(CC(=O)N2CCN(C(=O)C3CC3)CC2)CC1. The smallest absolute Gasteiger partial charge is 0.248 e. The molecule has 2 amide bonds. The van der Waals surface area contributed by atoms with Gasteiger partial charge in [-0.15, -0.1) is 0 Å². The third-order valence-electron chi connectivity index (χ3n) is 6.13. The number of nitrogens with zero attached hydrogens (tertiary/aromatic N) is 5. The van der Waals surface area contributed by atoms with Crippen LogP contribution < -0.4 is 0 Å². The van der Waals surface area contributed by atoms with E-state index in [9.17, 15) is 18.0 Å². The Morgan fingerprint density at radius 3 is 2.10 bits per heavy atom. The molecule has 2 aliphatic heterocycles. The van der Waals surface area contributed by atoms with Crippen LogP contribution in [0.1, 0.15) is 24.3 Å². The lowest BCUT2D eigenvalue weighted by Gasteiger charge is -2.37. The third kappa shape index (κ3) is 4.23. The van der Waals surface area contributed by atoms with Crippen LogP contribution in [-0.2, 0) is 19.6 Å². The molecule has 0 bridgehead atoms. The average Bonchev–Trinajstić information content (AvgIpc) is 3.52. The van der Waals surface area contributed by atoms with Gasteiger partial charge in [0, 0.05) is 58.3 Å². The van der Waals surface area contributed by atoms with Gasteiger partial charge in [-0.3, -0.25) is 14.5 Å². The van der Waals surface area contributed by atoms with Gasteiger partial charge in [0.25, 0.3) is 0 Å². The maximum atomic E-state index is 12.9. The number of aryl methyl sites for hydroxylation is 2. The number of piperazine rings is 2. The van der Waals surface area contributed by atoms with Crippen molar-refractivity contribution in [3.05, 3.63) is 11.5 Å². The van der Waals surface area contributed by atoms with Gasteiger partial charge in [-0.2, -0.15) is 4.31 Å². The molecule has 0 radical (unpaired) electrons. The van der Waals surface area contributed by atoms with Crippen LogP contribution in [0.3, 0.4) is 0 Å². The van der Waals surface area contributed by atoms with Gasteiger partial charge in [0.15, 0.2) is 5.76 Å². The molecule has 1 aliphatic carbocycles. The zero-order chi connectivity index (χ0) is 21.5. The first kappa shape index (κ1) is 21.3. The van der Waals surface area contributed by atoms with Gasteiger partial charge in [0.05, 0.1) is 6.54 Å². The van der Waals surface area contributed by atoms with Crippen LogP contribution in [0.2, 0.25) is 0 Å². The van der Waals surface area contributed by atoms with Crippen molar-refractivity contribution in [3.63, 3.8) is 0 Å². The minimum Gasteiger partial charge on any atom is -0.360 e. The summed E-state index contributed by atoms with van der Waals surface area (Å²) in [5.74, 6) is 0.780. The predicted octanol–water partition coefficient (Wildman–Crippen LogP) is -0.321. The van der Waals surface area contributed by atoms with E-state index in [1.54, 1.807) is 13.8 Å². The molecule has 1 saturated carbocycles. The summed E-state index contributed by atoms with van der Waals surface area (Å²) < 4.78 is 32.3. The molecule has 2 saturated heterocycles. The highest BCUT2D eigenvalue weighted by atomic mass is 32.2. The second-order valence-electron chi connectivity index (χ2n) is 8.31. The van der Waals surface area contributed by atoms with Gasteiger partial charge in [0.1, 0.15) is 10.6 Å². The van der Waals surface area contributed by atoms with Gasteiger partial charge < -0.3 is 14.3 Å². The minimum absolute atomic E-state index is 0.0375. The first-order valence-corrected chi connectivity index (χ1v) is 11.9. The van der Waals surface area contributed by atoms with Crippen LogP contribution in [0.4, 0.5) is 0 Å². The predicted molar refractivity (Wildman–Crippen MR) is 107 cm³/mol. The fourth-order valence-electron chi connectivity index (χ4n) is 4.16. The number of hydrogen-bond donors (Lipinski definition) is 0. The van der Waals surface area contributed by atoms with E-state index in [1.807, 2.05) is 14.7 Å². The fourth-order valence-corrected chi connectivity index (χ4v) is 5.87. The molecule has 3 aliphatic rings. The zero-order valence-corrected chi connectivity index (χ0v) is 18.4. The molecule has 4 rings (SSSR count). The summed E-state index contributed by atoms with van der Waals surface area (Å²) >= 11 is 0. The summed E-state index contributed by atoms with van der Waals surface area (Å²) in [4.78, 5) is 30.6. The van der Waals surface area contributed by atoms with E-state index >= 15 is 0 Å². The third-order valence-corrected chi connectivity index (χ3v) is 8.27. The molecule has 0 aromatic carbocycles. The van der Waals surface area contributed by atoms with Crippen LogP contribution in [0, 0.1) is 19.8 Å². The van der Waals surface area contributed by atoms with E-state index < -0.39 is 10.0 Å². The van der Waals surface area contributed by atoms with Gasteiger partial charge in [0.2, 0.25) is 21.8 Å². The Morgan fingerprint density at radius 2 is 1.57 bits per heavy atom. The van der Waals surface area contributed by atoms with Crippen molar-refractivity contribution in [1.82, 2.24) is 24.2 Å². The second kappa shape index (κ2) is 8.27. The lowest BCUT2D eigenvalue weighted by atomic mass is 10.2. The summed E-state index contributed by atoms with van der Waals surface area (Å²) in [5, 5.41) is 3.75. The standard InChI is InChI=1S/C19H29N5O5S/c1-14-18(15(2)29-20-14)30(27,28)24-11-5-21(6-12-24)13-17(25)22-7-9-23(10-8-22)19(26)16-3-4-16/h16H,3-13H2,1-2H3. The van der Waals surface area contributed by atoms with E-state index in [4.69, 9.17) is 4.52 Å². The van der Waals surface area contributed by atoms with Crippen molar-refractivity contribution >= 4 is 21.8 Å². The van der Waals surface area contributed by atoms with E-state index in [2.05, 4.69) is 5.16 Å². The molecule has 3 heterocycles. The first-order valence-electron chi connectivity index (χ1n) is 10.5. The summed E-state index contributed by atoms with van der Waals surface area (Å²) in [6.45, 7) is 7.46. The molecular formula is C19H29N5O5S. The molecule has 1 aromatic rings. The van der Waals surface area contributed by atoms with Crippen molar-refractivity contribution in [2.45, 2.75) is 31.6 Å². The molecule has 3 fully saturated rings. The molecule has 166 valence electrons. The van der Waals surface area contributed by atoms with Crippen LogP contribution in [-0.4, -0.2) is 103 Å². The van der Waals surface area contributed by atoms with E-state index in [0.717, 1.165) is 12.8 Å². The van der Waals surface area contributed by atoms with Crippen LogP contribution in [0.5, 0.6) is 0 Å². The highest BCUT2D eigenvalue weighted by Crippen LogP contribution is 2.31. The van der Waals surface area contributed by atoms with Gasteiger partial charge in [-0.05, 0) is 26.7 Å². The monoisotopic (exact) mass is 439 g/mol. The maximum Gasteiger partial charge on any atom is 0.248 e. The maximum absolute atomic E-state index is 12.9. The van der Waals surface area contributed by atoms with Crippen molar-refractivity contribution in [2.75, 3.05) is 58.9 Å². The number of carbonyl (C=O) groups is 2. The van der Waals surface area contributed by atoms with Crippen LogP contribution >= 0.6 is 0 Å². The van der Waals surface area contributed by atoms with E-state index in [0.29, 0.717) is 63.8 Å². The number of hydrogen-bond acceptors (Lipinski definition) is 7. The highest BCUT2D eigenvalue weighted by Gasteiger charge is 2.36. The van der Waals surface area contributed by atoms with Gasteiger partial charge >= 0.3 is 0 Å². The first-order chi connectivity index (χ1) is 14.3. The number of carbonyl (C=O) groups excluding carboxylic acids is 2. The van der Waals surface area contributed by atoms with E-state index in [1.165, 1.54) is 4.31 Å². The summed E-state index contributed by atoms with van der Waals surface area (Å²) in [6, 6.07) is 0. The fraction of sp³-hybridized carbons (Fsp3) is 0.737. The van der Waals surface area contributed by atoms with E-state index in [-0.39, 0.29) is 29.2 Å². The molecule has 30 heavy (non-hydrogen) atoms. The molecule has 1 aromatic heterocycles. The normalized spacial score (nSPS) is 21.8. The van der Waals surface area contributed by atoms with Crippen molar-refractivity contribution < 1.29 is 22.5 Å². The largest absolute Gasteiger partial charge is 0.360 e. The van der Waals surface area contributed by atoms with Gasteiger partial charge in [-0.1, -0.05) is 5.16 Å². The minimum atomic E-state index is -3.65. The Morgan fingerprint density at radius 1 is 0.967 bits per heavy atom. The van der Waals surface area contributed by atoms with Crippen LogP contribution in [0.25, 0.3) is 0 Å². The second-order valence-corrected chi connectivity index (χ2v) is 10.2. The van der Waals surface area contributed by atoms with Crippen molar-refractivity contribution in [1.29, 1.82) is 0 Å². The molecule has 0 unspecified atom stereocenters. The Bertz CT molecular complexity index is 890.